The molecule has 0 aliphatic rings. The lowest BCUT2D eigenvalue weighted by atomic mass is 9.93. The first kappa shape index (κ1) is 10.6. The van der Waals surface area contributed by atoms with Gasteiger partial charge in [0.05, 0.1) is 18.3 Å². The number of rotatable bonds is 2. The van der Waals surface area contributed by atoms with Crippen LogP contribution >= 0.6 is 0 Å². The second-order valence-corrected chi connectivity index (χ2v) is 4.15. The van der Waals surface area contributed by atoms with Crippen LogP contribution in [-0.2, 0) is 16.6 Å². The molecule has 5 heteroatoms. The number of nitrogens with two attached hydrogens (primary N) is 1. The fraction of sp³-hybridized carbons (Fsp3) is 0.556. The molecule has 0 bridgehead atoms. The van der Waals surface area contributed by atoms with Crippen molar-refractivity contribution in [2.75, 3.05) is 0 Å². The number of hydrogen-bond donors (Lipinski definition) is 1. The maximum Gasteiger partial charge on any atom is 0.225 e. The van der Waals surface area contributed by atoms with Crippen molar-refractivity contribution in [3.63, 3.8) is 0 Å². The van der Waals surface area contributed by atoms with Crippen molar-refractivity contribution >= 4 is 5.91 Å². The fourth-order valence-corrected chi connectivity index (χ4v) is 0.879. The molecule has 0 saturated heterocycles. The van der Waals surface area contributed by atoms with Crippen LogP contribution in [0.25, 0.3) is 0 Å². The minimum atomic E-state index is -0.449. The highest BCUT2D eigenvalue weighted by Crippen LogP contribution is 2.17. The Morgan fingerprint density at radius 3 is 2.43 bits per heavy atom. The highest BCUT2D eigenvalue weighted by molar-refractivity contribution is 5.75. The molecule has 0 radical (unpaired) electrons. The summed E-state index contributed by atoms with van der Waals surface area (Å²) in [7, 11) is 0. The molecule has 1 amide bonds. The Kier molecular flexibility index (Phi) is 2.78. The summed E-state index contributed by atoms with van der Waals surface area (Å²) < 4.78 is 0. The van der Waals surface area contributed by atoms with Crippen molar-refractivity contribution in [2.24, 2.45) is 5.73 Å². The smallest absolute Gasteiger partial charge is 0.225 e. The number of primary amides is 1. The Morgan fingerprint density at radius 2 is 2.07 bits per heavy atom. The Balaban J connectivity index is 2.84. The van der Waals surface area contributed by atoms with Gasteiger partial charge in [-0.15, -0.1) is 5.10 Å². The van der Waals surface area contributed by atoms with E-state index in [1.54, 1.807) is 6.20 Å². The highest BCUT2D eigenvalue weighted by Gasteiger charge is 2.16. The maximum atomic E-state index is 10.6. The zero-order valence-corrected chi connectivity index (χ0v) is 8.61. The minimum Gasteiger partial charge on any atom is -0.369 e. The molecule has 0 unspecified atom stereocenters. The van der Waals surface area contributed by atoms with Crippen LogP contribution < -0.4 is 5.73 Å². The molecule has 5 nitrogen and oxygen atoms in total. The van der Waals surface area contributed by atoms with Crippen LogP contribution in [0.2, 0.25) is 0 Å². The molecule has 0 atom stereocenters. The third kappa shape index (κ3) is 2.76. The summed E-state index contributed by atoms with van der Waals surface area (Å²) in [6, 6.07) is 0. The van der Waals surface area contributed by atoms with E-state index >= 15 is 0 Å². The van der Waals surface area contributed by atoms with Gasteiger partial charge in [-0.25, -0.2) is 4.98 Å². The van der Waals surface area contributed by atoms with E-state index in [0.717, 1.165) is 5.69 Å². The lowest BCUT2D eigenvalue weighted by Gasteiger charge is -2.15. The summed E-state index contributed by atoms with van der Waals surface area (Å²) in [5.41, 5.74) is 5.72. The van der Waals surface area contributed by atoms with E-state index in [-0.39, 0.29) is 11.8 Å². The van der Waals surface area contributed by atoms with Gasteiger partial charge in [0.25, 0.3) is 0 Å². The van der Waals surface area contributed by atoms with Gasteiger partial charge < -0.3 is 5.73 Å². The number of amides is 1. The summed E-state index contributed by atoms with van der Waals surface area (Å²) in [6.07, 6.45) is 1.67. The molecular formula is C9H14N4O. The van der Waals surface area contributed by atoms with E-state index in [9.17, 15) is 4.79 Å². The van der Waals surface area contributed by atoms with Gasteiger partial charge in [-0.1, -0.05) is 20.8 Å². The van der Waals surface area contributed by atoms with E-state index in [1.165, 1.54) is 0 Å². The fourth-order valence-electron chi connectivity index (χ4n) is 0.879. The Bertz CT molecular complexity index is 326. The SMILES string of the molecule is CC(C)(C)c1cnc(CC(N)=O)nn1. The molecule has 0 aliphatic heterocycles. The third-order valence-corrected chi connectivity index (χ3v) is 1.71. The summed E-state index contributed by atoms with van der Waals surface area (Å²) in [4.78, 5) is 14.6. The predicted molar refractivity (Wildman–Crippen MR) is 51.4 cm³/mol. The van der Waals surface area contributed by atoms with Gasteiger partial charge in [-0.05, 0) is 0 Å². The van der Waals surface area contributed by atoms with Crippen molar-refractivity contribution in [1.29, 1.82) is 0 Å². The number of carbonyl (C=O) groups is 1. The molecule has 76 valence electrons. The second-order valence-electron chi connectivity index (χ2n) is 4.15. The second kappa shape index (κ2) is 3.69. The summed E-state index contributed by atoms with van der Waals surface area (Å²) >= 11 is 0. The molecule has 1 heterocycles. The number of carbonyl (C=O) groups excluding carboxylic acids is 1. The van der Waals surface area contributed by atoms with Crippen LogP contribution in [0.5, 0.6) is 0 Å². The van der Waals surface area contributed by atoms with Crippen LogP contribution in [0.3, 0.4) is 0 Å². The standard InChI is InChI=1S/C9H14N4O/c1-9(2,3)6-5-11-8(13-12-6)4-7(10)14/h5H,4H2,1-3H3,(H2,10,14). The zero-order chi connectivity index (χ0) is 10.8. The van der Waals surface area contributed by atoms with Gasteiger partial charge in [0.2, 0.25) is 5.91 Å². The Morgan fingerprint density at radius 1 is 1.43 bits per heavy atom. The van der Waals surface area contributed by atoms with Crippen molar-refractivity contribution in [3.05, 3.63) is 17.7 Å². The normalized spacial score (nSPS) is 11.4. The topological polar surface area (TPSA) is 81.8 Å². The molecule has 1 aromatic heterocycles. The van der Waals surface area contributed by atoms with Gasteiger partial charge in [0, 0.05) is 5.41 Å². The summed E-state index contributed by atoms with van der Waals surface area (Å²) in [6.45, 7) is 6.06. The van der Waals surface area contributed by atoms with Crippen LogP contribution in [0.4, 0.5) is 0 Å². The van der Waals surface area contributed by atoms with Crippen LogP contribution in [0.15, 0.2) is 6.20 Å². The van der Waals surface area contributed by atoms with E-state index < -0.39 is 5.91 Å². The van der Waals surface area contributed by atoms with Crippen LogP contribution in [-0.4, -0.2) is 21.1 Å². The molecule has 0 spiro atoms. The Labute approximate surface area is 82.7 Å². The molecule has 14 heavy (non-hydrogen) atoms. The van der Waals surface area contributed by atoms with E-state index in [2.05, 4.69) is 15.2 Å². The zero-order valence-electron chi connectivity index (χ0n) is 8.61. The Hall–Kier alpha value is -1.52. The van der Waals surface area contributed by atoms with Crippen molar-refractivity contribution in [2.45, 2.75) is 32.6 Å². The largest absolute Gasteiger partial charge is 0.369 e. The average molecular weight is 194 g/mol. The molecule has 0 aliphatic carbocycles. The highest BCUT2D eigenvalue weighted by atomic mass is 16.1. The average Bonchev–Trinajstić information content (AvgIpc) is 2.02. The van der Waals surface area contributed by atoms with Gasteiger partial charge in [-0.2, -0.15) is 5.10 Å². The van der Waals surface area contributed by atoms with Crippen molar-refractivity contribution in [3.8, 4) is 0 Å². The predicted octanol–water partition coefficient (Wildman–Crippen LogP) is 0.197. The van der Waals surface area contributed by atoms with Gasteiger partial charge in [-0.3, -0.25) is 4.79 Å². The van der Waals surface area contributed by atoms with Gasteiger partial charge in [0.15, 0.2) is 5.82 Å². The first-order chi connectivity index (χ1) is 6.39. The van der Waals surface area contributed by atoms with Crippen molar-refractivity contribution in [1.82, 2.24) is 15.2 Å². The number of hydrogen-bond acceptors (Lipinski definition) is 4. The van der Waals surface area contributed by atoms with Crippen molar-refractivity contribution < 1.29 is 4.79 Å². The summed E-state index contributed by atoms with van der Waals surface area (Å²) in [5, 5.41) is 7.81. The third-order valence-electron chi connectivity index (χ3n) is 1.71. The lowest BCUT2D eigenvalue weighted by molar-refractivity contribution is -0.117. The molecule has 0 saturated carbocycles. The molecule has 0 aromatic carbocycles. The van der Waals surface area contributed by atoms with E-state index in [4.69, 9.17) is 5.73 Å². The van der Waals surface area contributed by atoms with Crippen LogP contribution in [0.1, 0.15) is 32.3 Å². The first-order valence-electron chi connectivity index (χ1n) is 4.37. The molecule has 1 rings (SSSR count). The maximum absolute atomic E-state index is 10.6. The summed E-state index contributed by atoms with van der Waals surface area (Å²) in [5.74, 6) is -0.0826. The molecule has 2 N–H and O–H groups in total. The molecular weight excluding hydrogens is 180 g/mol. The monoisotopic (exact) mass is 194 g/mol. The number of aromatic nitrogens is 3. The van der Waals surface area contributed by atoms with Crippen LogP contribution in [0, 0.1) is 0 Å². The van der Waals surface area contributed by atoms with Gasteiger partial charge >= 0.3 is 0 Å². The number of nitrogens with zero attached hydrogens (tertiary/aromatic N) is 3. The molecule has 0 fully saturated rings. The minimum absolute atomic E-state index is 0.0391. The lowest BCUT2D eigenvalue weighted by Crippen LogP contribution is -2.19. The first-order valence-corrected chi connectivity index (χ1v) is 4.37. The molecule has 1 aromatic rings. The quantitative estimate of drug-likeness (QED) is 0.729. The van der Waals surface area contributed by atoms with Gasteiger partial charge in [0.1, 0.15) is 0 Å². The van der Waals surface area contributed by atoms with E-state index in [1.807, 2.05) is 20.8 Å². The van der Waals surface area contributed by atoms with E-state index in [0.29, 0.717) is 5.82 Å².